The molecule has 0 N–H and O–H groups in total. The van der Waals surface area contributed by atoms with Crippen LogP contribution in [0.1, 0.15) is 18.6 Å². The molecule has 0 bridgehead atoms. The van der Waals surface area contributed by atoms with Gasteiger partial charge in [0.2, 0.25) is 0 Å². The molecule has 0 radical (unpaired) electrons. The highest BCUT2D eigenvalue weighted by atomic mass is 15.0. The largest absolute Gasteiger partial charge is 0.208 e. The fourth-order valence-electron chi connectivity index (χ4n) is 6.95. The first kappa shape index (κ1) is 30.9. The summed E-state index contributed by atoms with van der Waals surface area (Å²) in [6.45, 7) is 0. The second kappa shape index (κ2) is 13.2. The molecule has 0 spiro atoms. The first-order chi connectivity index (χ1) is 24.3. The number of hydrogen-bond donors (Lipinski definition) is 0. The molecule has 0 fully saturated rings. The van der Waals surface area contributed by atoms with Crippen molar-refractivity contribution in [2.75, 3.05) is 0 Å². The van der Waals surface area contributed by atoms with Gasteiger partial charge in [-0.05, 0) is 86.3 Å². The third kappa shape index (κ3) is 5.80. The van der Waals surface area contributed by atoms with Crippen LogP contribution in [0.15, 0.2) is 176 Å². The van der Waals surface area contributed by atoms with Crippen molar-refractivity contribution in [3.05, 3.63) is 187 Å². The molecule has 50 heavy (non-hydrogen) atoms. The van der Waals surface area contributed by atoms with Gasteiger partial charge in [0.05, 0.1) is 0 Å². The van der Waals surface area contributed by atoms with Crippen LogP contribution in [0.4, 0.5) is 0 Å². The lowest BCUT2D eigenvalue weighted by Crippen LogP contribution is -2.00. The highest BCUT2D eigenvalue weighted by molar-refractivity contribution is 5.88. The predicted octanol–water partition coefficient (Wildman–Crippen LogP) is 12.1. The summed E-state index contributed by atoms with van der Waals surface area (Å²) >= 11 is 0. The monoisotopic (exact) mass is 641 g/mol. The zero-order chi connectivity index (χ0) is 32.6. The van der Waals surface area contributed by atoms with Crippen LogP contribution in [0.3, 0.4) is 0 Å². The average Bonchev–Trinajstić information content (AvgIpc) is 3.58. The van der Waals surface area contributed by atoms with Crippen LogP contribution in [-0.2, 0) is 6.42 Å². The van der Waals surface area contributed by atoms with Gasteiger partial charge in [-0.1, -0.05) is 159 Å². The molecule has 0 atom stereocenters. The Labute approximate surface area is 293 Å². The smallest absolute Gasteiger partial charge is 0.164 e. The van der Waals surface area contributed by atoms with Crippen molar-refractivity contribution in [2.24, 2.45) is 0 Å². The molecule has 238 valence electrons. The molecule has 7 aromatic carbocycles. The van der Waals surface area contributed by atoms with Crippen molar-refractivity contribution in [1.82, 2.24) is 15.0 Å². The lowest BCUT2D eigenvalue weighted by atomic mass is 9.91. The average molecular weight is 642 g/mol. The Bertz CT molecular complexity index is 2390. The van der Waals surface area contributed by atoms with E-state index in [0.29, 0.717) is 17.5 Å². The van der Waals surface area contributed by atoms with Gasteiger partial charge in [0.15, 0.2) is 17.5 Å². The molecule has 0 unspecified atom stereocenters. The molecule has 8 aromatic rings. The lowest BCUT2D eigenvalue weighted by Gasteiger charge is -2.15. The quantitative estimate of drug-likeness (QED) is 0.181. The SMILES string of the molecule is C.c1ccc(-c2cccc(-c3cc(-c4nc(-c5ccccc5)nc(-c5ccccc5)n4)cc(-c4cccc5c4Cc4ccccc4-5)c3)c2)cc1. The lowest BCUT2D eigenvalue weighted by molar-refractivity contribution is 1.07. The zero-order valence-corrected chi connectivity index (χ0v) is 26.8. The Morgan fingerprint density at radius 3 is 1.38 bits per heavy atom. The fourth-order valence-corrected chi connectivity index (χ4v) is 6.95. The van der Waals surface area contributed by atoms with Gasteiger partial charge in [0.1, 0.15) is 0 Å². The molecule has 1 aliphatic rings. The second-order valence-corrected chi connectivity index (χ2v) is 12.4. The van der Waals surface area contributed by atoms with Crippen molar-refractivity contribution >= 4 is 0 Å². The Morgan fingerprint density at radius 1 is 0.300 bits per heavy atom. The standard InChI is InChI=1S/C46H31N3.CH4/c1-4-14-31(15-5-1)34-21-12-22-35(26-34)37-27-38(41-24-13-25-42-40-23-11-10-20-36(40)30-43(41)42)29-39(28-37)46-48-44(32-16-6-2-7-17-32)47-45(49-46)33-18-8-3-9-19-33;/h1-29H,30H2;1H4. The van der Waals surface area contributed by atoms with E-state index in [1.54, 1.807) is 0 Å². The molecular weight excluding hydrogens is 607 g/mol. The Kier molecular flexibility index (Phi) is 8.16. The number of benzene rings is 7. The molecule has 0 saturated heterocycles. The number of nitrogens with zero attached hydrogens (tertiary/aromatic N) is 3. The highest BCUT2D eigenvalue weighted by Crippen LogP contribution is 2.43. The Hall–Kier alpha value is -6.45. The molecule has 1 aliphatic carbocycles. The van der Waals surface area contributed by atoms with E-state index in [1.807, 2.05) is 36.4 Å². The third-order valence-electron chi connectivity index (χ3n) is 9.36. The molecule has 0 saturated carbocycles. The normalized spacial score (nSPS) is 11.4. The Morgan fingerprint density at radius 2 is 0.720 bits per heavy atom. The Balaban J connectivity index is 0.00000361. The predicted molar refractivity (Wildman–Crippen MR) is 207 cm³/mol. The van der Waals surface area contributed by atoms with Crippen molar-refractivity contribution in [2.45, 2.75) is 13.8 Å². The van der Waals surface area contributed by atoms with Gasteiger partial charge in [-0.25, -0.2) is 15.0 Å². The van der Waals surface area contributed by atoms with Gasteiger partial charge < -0.3 is 0 Å². The summed E-state index contributed by atoms with van der Waals surface area (Å²) in [5.74, 6) is 1.95. The van der Waals surface area contributed by atoms with E-state index in [1.165, 1.54) is 38.9 Å². The maximum atomic E-state index is 5.12. The van der Waals surface area contributed by atoms with Crippen molar-refractivity contribution in [3.8, 4) is 78.7 Å². The summed E-state index contributed by atoms with van der Waals surface area (Å²) in [7, 11) is 0. The molecule has 0 amide bonds. The molecule has 1 aromatic heterocycles. The number of hydrogen-bond acceptors (Lipinski definition) is 3. The van der Waals surface area contributed by atoms with Crippen molar-refractivity contribution in [3.63, 3.8) is 0 Å². The first-order valence-electron chi connectivity index (χ1n) is 16.7. The van der Waals surface area contributed by atoms with E-state index in [-0.39, 0.29) is 7.43 Å². The fraction of sp³-hybridized carbons (Fsp3) is 0.0426. The van der Waals surface area contributed by atoms with Crippen LogP contribution in [-0.4, -0.2) is 15.0 Å². The van der Waals surface area contributed by atoms with E-state index in [9.17, 15) is 0 Å². The topological polar surface area (TPSA) is 38.7 Å². The number of fused-ring (bicyclic) bond motifs is 3. The van der Waals surface area contributed by atoms with Crippen LogP contribution in [0.2, 0.25) is 0 Å². The van der Waals surface area contributed by atoms with Crippen LogP contribution >= 0.6 is 0 Å². The van der Waals surface area contributed by atoms with Crippen molar-refractivity contribution in [1.29, 1.82) is 0 Å². The minimum absolute atomic E-state index is 0. The van der Waals surface area contributed by atoms with E-state index in [2.05, 4.69) is 140 Å². The van der Waals surface area contributed by atoms with Crippen molar-refractivity contribution < 1.29 is 0 Å². The maximum Gasteiger partial charge on any atom is 0.164 e. The third-order valence-corrected chi connectivity index (χ3v) is 9.36. The zero-order valence-electron chi connectivity index (χ0n) is 26.8. The van der Waals surface area contributed by atoms with Gasteiger partial charge in [-0.3, -0.25) is 0 Å². The molecular formula is C47H35N3. The van der Waals surface area contributed by atoms with Crippen LogP contribution in [0.25, 0.3) is 78.7 Å². The summed E-state index contributed by atoms with van der Waals surface area (Å²) in [4.78, 5) is 15.2. The summed E-state index contributed by atoms with van der Waals surface area (Å²) in [5.41, 5.74) is 15.2. The van der Waals surface area contributed by atoms with Gasteiger partial charge in [-0.15, -0.1) is 0 Å². The van der Waals surface area contributed by atoms with E-state index in [4.69, 9.17) is 15.0 Å². The summed E-state index contributed by atoms with van der Waals surface area (Å²) in [5, 5.41) is 0. The minimum atomic E-state index is 0. The number of rotatable bonds is 6. The summed E-state index contributed by atoms with van der Waals surface area (Å²) in [6.07, 6.45) is 0.910. The van der Waals surface area contributed by atoms with Crippen LogP contribution < -0.4 is 0 Å². The number of aromatic nitrogens is 3. The highest BCUT2D eigenvalue weighted by Gasteiger charge is 2.22. The molecule has 3 heteroatoms. The van der Waals surface area contributed by atoms with Gasteiger partial charge in [0, 0.05) is 16.7 Å². The van der Waals surface area contributed by atoms with Crippen LogP contribution in [0.5, 0.6) is 0 Å². The molecule has 1 heterocycles. The minimum Gasteiger partial charge on any atom is -0.208 e. The first-order valence-corrected chi connectivity index (χ1v) is 16.7. The maximum absolute atomic E-state index is 5.12. The van der Waals surface area contributed by atoms with Gasteiger partial charge in [0.25, 0.3) is 0 Å². The van der Waals surface area contributed by atoms with E-state index < -0.39 is 0 Å². The van der Waals surface area contributed by atoms with E-state index in [0.717, 1.165) is 39.8 Å². The van der Waals surface area contributed by atoms with Gasteiger partial charge >= 0.3 is 0 Å². The second-order valence-electron chi connectivity index (χ2n) is 12.4. The molecule has 9 rings (SSSR count). The molecule has 3 nitrogen and oxygen atoms in total. The van der Waals surface area contributed by atoms with Crippen LogP contribution in [0, 0.1) is 0 Å². The summed E-state index contributed by atoms with van der Waals surface area (Å²) in [6, 6.07) is 61.9. The molecule has 0 aliphatic heterocycles. The summed E-state index contributed by atoms with van der Waals surface area (Å²) < 4.78 is 0. The van der Waals surface area contributed by atoms with Gasteiger partial charge in [-0.2, -0.15) is 0 Å². The van der Waals surface area contributed by atoms with E-state index >= 15 is 0 Å².